The summed E-state index contributed by atoms with van der Waals surface area (Å²) in [5.74, 6) is -0.287. The summed E-state index contributed by atoms with van der Waals surface area (Å²) in [6, 6.07) is 10.4. The van der Waals surface area contributed by atoms with Crippen molar-refractivity contribution in [1.82, 2.24) is 10.2 Å². The molecule has 0 aromatic heterocycles. The molecule has 3 rings (SSSR count). The number of hydrogen-bond donors (Lipinski definition) is 1. The first-order valence-electron chi connectivity index (χ1n) is 8.93. The van der Waals surface area contributed by atoms with Gasteiger partial charge in [0.25, 0.3) is 17.1 Å². The molecule has 2 aromatic rings. The van der Waals surface area contributed by atoms with Crippen molar-refractivity contribution in [2.24, 2.45) is 0 Å². The molecule has 156 valence electrons. The number of halogens is 1. The van der Waals surface area contributed by atoms with Gasteiger partial charge in [-0.2, -0.15) is 0 Å². The molecule has 1 aliphatic rings. The maximum atomic E-state index is 13.0. The molecular formula is C21H19FN2O5S. The van der Waals surface area contributed by atoms with Crippen molar-refractivity contribution in [3.8, 4) is 11.5 Å². The molecule has 0 bridgehead atoms. The number of thioether (sulfide) groups is 1. The zero-order valence-electron chi connectivity index (χ0n) is 16.3. The van der Waals surface area contributed by atoms with Crippen LogP contribution in [0.25, 0.3) is 6.08 Å². The van der Waals surface area contributed by atoms with Crippen molar-refractivity contribution in [1.29, 1.82) is 0 Å². The van der Waals surface area contributed by atoms with Crippen LogP contribution in [0, 0.1) is 5.82 Å². The number of carbonyl (C=O) groups excluding carboxylic acids is 3. The largest absolute Gasteiger partial charge is 0.497 e. The predicted octanol–water partition coefficient (Wildman–Crippen LogP) is 3.31. The third-order valence-corrected chi connectivity index (χ3v) is 5.18. The van der Waals surface area contributed by atoms with E-state index in [-0.39, 0.29) is 29.7 Å². The van der Waals surface area contributed by atoms with Gasteiger partial charge in [0.05, 0.1) is 19.1 Å². The molecule has 1 N–H and O–H groups in total. The highest BCUT2D eigenvalue weighted by Crippen LogP contribution is 2.32. The zero-order chi connectivity index (χ0) is 21.7. The monoisotopic (exact) mass is 430 g/mol. The lowest BCUT2D eigenvalue weighted by molar-refractivity contribution is -0.122. The summed E-state index contributed by atoms with van der Waals surface area (Å²) in [4.78, 5) is 38.4. The van der Waals surface area contributed by atoms with Gasteiger partial charge in [0.15, 0.2) is 0 Å². The number of imide groups is 1. The number of carbonyl (C=O) groups is 3. The molecule has 1 saturated heterocycles. The summed E-state index contributed by atoms with van der Waals surface area (Å²) in [5.41, 5.74) is 0.943. The average Bonchev–Trinajstić information content (AvgIpc) is 3.02. The Kier molecular flexibility index (Phi) is 6.73. The number of ether oxygens (including phenoxy) is 2. The standard InChI is InChI=1S/C21H19FN2O5S/c1-28-16-10-14(11-17(12-16)29-2)19(25)23-7-8-24-20(26)18(30-21(24)27)9-13-3-5-15(22)6-4-13/h3-6,9-12H,7-8H2,1-2H3,(H,23,25). The second kappa shape index (κ2) is 9.45. The molecule has 3 amide bonds. The average molecular weight is 430 g/mol. The molecule has 1 heterocycles. The highest BCUT2D eigenvalue weighted by Gasteiger charge is 2.34. The lowest BCUT2D eigenvalue weighted by atomic mass is 10.2. The number of hydrogen-bond acceptors (Lipinski definition) is 6. The molecule has 1 aliphatic heterocycles. The van der Waals surface area contributed by atoms with E-state index in [2.05, 4.69) is 5.32 Å². The molecule has 1 fully saturated rings. The quantitative estimate of drug-likeness (QED) is 0.679. The lowest BCUT2D eigenvalue weighted by Crippen LogP contribution is -2.37. The summed E-state index contributed by atoms with van der Waals surface area (Å²) in [5, 5.41) is 2.25. The van der Waals surface area contributed by atoms with Crippen LogP contribution in [-0.2, 0) is 4.79 Å². The third kappa shape index (κ3) is 4.98. The zero-order valence-corrected chi connectivity index (χ0v) is 17.1. The molecule has 2 aromatic carbocycles. The number of nitrogens with zero attached hydrogens (tertiary/aromatic N) is 1. The first-order chi connectivity index (χ1) is 14.4. The van der Waals surface area contributed by atoms with Crippen LogP contribution in [-0.4, -0.2) is 49.3 Å². The Morgan fingerprint density at radius 1 is 1.10 bits per heavy atom. The minimum absolute atomic E-state index is 0.0261. The maximum Gasteiger partial charge on any atom is 0.293 e. The van der Waals surface area contributed by atoms with Crippen LogP contribution >= 0.6 is 11.8 Å². The fraction of sp³-hybridized carbons (Fsp3) is 0.190. The highest BCUT2D eigenvalue weighted by molar-refractivity contribution is 8.18. The van der Waals surface area contributed by atoms with Gasteiger partial charge in [-0.25, -0.2) is 4.39 Å². The van der Waals surface area contributed by atoms with Gasteiger partial charge in [0.1, 0.15) is 17.3 Å². The Bertz CT molecular complexity index is 985. The molecular weight excluding hydrogens is 411 g/mol. The van der Waals surface area contributed by atoms with Crippen LogP contribution in [0.4, 0.5) is 9.18 Å². The minimum atomic E-state index is -0.452. The lowest BCUT2D eigenvalue weighted by Gasteiger charge is -2.13. The molecule has 7 nitrogen and oxygen atoms in total. The molecule has 0 aliphatic carbocycles. The van der Waals surface area contributed by atoms with E-state index in [0.717, 1.165) is 16.7 Å². The van der Waals surface area contributed by atoms with E-state index in [1.807, 2.05) is 0 Å². The van der Waals surface area contributed by atoms with Crippen LogP contribution in [0.3, 0.4) is 0 Å². The molecule has 9 heteroatoms. The van der Waals surface area contributed by atoms with Crippen LogP contribution in [0.5, 0.6) is 11.5 Å². The highest BCUT2D eigenvalue weighted by atomic mass is 32.2. The summed E-state index contributed by atoms with van der Waals surface area (Å²) in [6.45, 7) is 0.110. The van der Waals surface area contributed by atoms with Crippen LogP contribution < -0.4 is 14.8 Å². The summed E-state index contributed by atoms with van der Waals surface area (Å²) in [6.07, 6.45) is 1.53. The topological polar surface area (TPSA) is 84.9 Å². The molecule has 0 radical (unpaired) electrons. The van der Waals surface area contributed by atoms with Gasteiger partial charge in [0.2, 0.25) is 0 Å². The minimum Gasteiger partial charge on any atom is -0.497 e. The SMILES string of the molecule is COc1cc(OC)cc(C(=O)NCCN2C(=O)SC(=Cc3ccc(F)cc3)C2=O)c1. The van der Waals surface area contributed by atoms with Crippen molar-refractivity contribution in [2.45, 2.75) is 0 Å². The number of rotatable bonds is 7. The molecule has 30 heavy (non-hydrogen) atoms. The number of benzene rings is 2. The maximum absolute atomic E-state index is 13.0. The van der Waals surface area contributed by atoms with Crippen LogP contribution in [0.1, 0.15) is 15.9 Å². The van der Waals surface area contributed by atoms with E-state index in [1.54, 1.807) is 18.2 Å². The van der Waals surface area contributed by atoms with Gasteiger partial charge in [-0.15, -0.1) is 0 Å². The van der Waals surface area contributed by atoms with Crippen molar-refractivity contribution in [2.75, 3.05) is 27.3 Å². The van der Waals surface area contributed by atoms with Gasteiger partial charge in [-0.05, 0) is 47.7 Å². The fourth-order valence-electron chi connectivity index (χ4n) is 2.72. The third-order valence-electron chi connectivity index (χ3n) is 4.28. The van der Waals surface area contributed by atoms with Crippen LogP contribution in [0.2, 0.25) is 0 Å². The molecule has 0 saturated carbocycles. The van der Waals surface area contributed by atoms with Crippen LogP contribution in [0.15, 0.2) is 47.4 Å². The normalized spacial score (nSPS) is 14.9. The van der Waals surface area contributed by atoms with Gasteiger partial charge < -0.3 is 14.8 Å². The Labute approximate surface area is 176 Å². The van der Waals surface area contributed by atoms with Crippen molar-refractivity contribution >= 4 is 34.9 Å². The Balaban J connectivity index is 1.61. The summed E-state index contributed by atoms with van der Waals surface area (Å²) >= 11 is 0.805. The van der Waals surface area contributed by atoms with E-state index in [0.29, 0.717) is 22.6 Å². The molecule has 0 spiro atoms. The Morgan fingerprint density at radius 2 is 1.73 bits per heavy atom. The van der Waals surface area contributed by atoms with E-state index in [9.17, 15) is 18.8 Å². The Hall–Kier alpha value is -3.33. The first-order valence-corrected chi connectivity index (χ1v) is 9.75. The van der Waals surface area contributed by atoms with Crippen molar-refractivity contribution < 1.29 is 28.2 Å². The summed E-state index contributed by atoms with van der Waals surface area (Å²) in [7, 11) is 2.96. The van der Waals surface area contributed by atoms with Gasteiger partial charge in [-0.1, -0.05) is 12.1 Å². The smallest absolute Gasteiger partial charge is 0.293 e. The molecule has 0 unspecified atom stereocenters. The van der Waals surface area contributed by atoms with Gasteiger partial charge >= 0.3 is 0 Å². The number of amides is 3. The second-order valence-electron chi connectivity index (χ2n) is 6.24. The number of methoxy groups -OCH3 is 2. The fourth-order valence-corrected chi connectivity index (χ4v) is 3.59. The van der Waals surface area contributed by atoms with E-state index < -0.39 is 11.1 Å². The first kappa shape index (κ1) is 21.4. The predicted molar refractivity (Wildman–Crippen MR) is 111 cm³/mol. The van der Waals surface area contributed by atoms with Gasteiger partial charge in [0, 0.05) is 24.7 Å². The van der Waals surface area contributed by atoms with Crippen molar-refractivity contribution in [3.63, 3.8) is 0 Å². The number of nitrogens with one attached hydrogen (secondary N) is 1. The Morgan fingerprint density at radius 3 is 2.33 bits per heavy atom. The van der Waals surface area contributed by atoms with E-state index in [1.165, 1.54) is 44.6 Å². The van der Waals surface area contributed by atoms with Crippen molar-refractivity contribution in [3.05, 3.63) is 64.3 Å². The second-order valence-corrected chi connectivity index (χ2v) is 7.24. The van der Waals surface area contributed by atoms with Gasteiger partial charge in [-0.3, -0.25) is 19.3 Å². The molecule has 0 atom stereocenters. The van der Waals surface area contributed by atoms with E-state index >= 15 is 0 Å². The summed E-state index contributed by atoms with van der Waals surface area (Å²) < 4.78 is 23.3. The van der Waals surface area contributed by atoms with E-state index in [4.69, 9.17) is 9.47 Å².